The van der Waals surface area contributed by atoms with E-state index in [4.69, 9.17) is 9.47 Å². The summed E-state index contributed by atoms with van der Waals surface area (Å²) >= 11 is 0. The van der Waals surface area contributed by atoms with Crippen molar-refractivity contribution in [1.29, 1.82) is 0 Å². The van der Waals surface area contributed by atoms with Gasteiger partial charge in [-0.15, -0.1) is 0 Å². The molecule has 1 aromatic carbocycles. The Kier molecular flexibility index (Phi) is 5.70. The molecular weight excluding hydrogens is 216 g/mol. The van der Waals surface area contributed by atoms with Gasteiger partial charge in [0.15, 0.2) is 5.78 Å². The molecule has 3 heteroatoms. The van der Waals surface area contributed by atoms with Crippen LogP contribution in [0.15, 0.2) is 24.3 Å². The summed E-state index contributed by atoms with van der Waals surface area (Å²) < 4.78 is 10.3. The van der Waals surface area contributed by atoms with E-state index in [9.17, 15) is 4.79 Å². The smallest absolute Gasteiger partial charge is 0.165 e. The third-order valence-electron chi connectivity index (χ3n) is 2.65. The molecule has 1 unspecified atom stereocenters. The van der Waals surface area contributed by atoms with E-state index in [-0.39, 0.29) is 11.7 Å². The monoisotopic (exact) mass is 236 g/mol. The molecule has 0 aliphatic heterocycles. The highest BCUT2D eigenvalue weighted by atomic mass is 16.5. The largest absolute Gasteiger partial charge is 0.494 e. The molecule has 0 saturated heterocycles. The standard InChI is InChI=1S/C14H20O3/c1-4-17-13-7-5-12(6-8-13)14(15)11(2)9-10-16-3/h5-8,11H,4,9-10H2,1-3H3. The van der Waals surface area contributed by atoms with E-state index in [0.29, 0.717) is 13.2 Å². The molecule has 1 rings (SSSR count). The van der Waals surface area contributed by atoms with E-state index in [1.165, 1.54) is 0 Å². The first kappa shape index (κ1) is 13.7. The van der Waals surface area contributed by atoms with Gasteiger partial charge in [0, 0.05) is 25.2 Å². The zero-order valence-corrected chi connectivity index (χ0v) is 10.7. The number of carbonyl (C=O) groups excluding carboxylic acids is 1. The SMILES string of the molecule is CCOc1ccc(C(=O)C(C)CCOC)cc1. The van der Waals surface area contributed by atoms with E-state index in [2.05, 4.69) is 0 Å². The molecule has 0 aliphatic carbocycles. The van der Waals surface area contributed by atoms with Crippen LogP contribution in [0.4, 0.5) is 0 Å². The first-order valence-electron chi connectivity index (χ1n) is 5.95. The van der Waals surface area contributed by atoms with Crippen molar-refractivity contribution in [2.45, 2.75) is 20.3 Å². The fraction of sp³-hybridized carbons (Fsp3) is 0.500. The van der Waals surface area contributed by atoms with Gasteiger partial charge in [0.05, 0.1) is 6.61 Å². The highest BCUT2D eigenvalue weighted by Gasteiger charge is 2.14. The molecule has 94 valence electrons. The van der Waals surface area contributed by atoms with Crippen LogP contribution in [-0.2, 0) is 4.74 Å². The van der Waals surface area contributed by atoms with E-state index < -0.39 is 0 Å². The predicted molar refractivity (Wildman–Crippen MR) is 67.6 cm³/mol. The molecule has 1 atom stereocenters. The summed E-state index contributed by atoms with van der Waals surface area (Å²) in [6, 6.07) is 7.30. The van der Waals surface area contributed by atoms with E-state index in [1.54, 1.807) is 7.11 Å². The lowest BCUT2D eigenvalue weighted by molar-refractivity contribution is 0.0893. The van der Waals surface area contributed by atoms with E-state index in [0.717, 1.165) is 17.7 Å². The number of Topliss-reactive ketones (excluding diaryl/α,β-unsaturated/α-hetero) is 1. The number of carbonyl (C=O) groups is 1. The summed E-state index contributed by atoms with van der Waals surface area (Å²) in [4.78, 5) is 12.0. The van der Waals surface area contributed by atoms with Gasteiger partial charge in [-0.2, -0.15) is 0 Å². The first-order chi connectivity index (χ1) is 8.19. The second-order valence-electron chi connectivity index (χ2n) is 4.00. The van der Waals surface area contributed by atoms with Gasteiger partial charge in [0.2, 0.25) is 0 Å². The minimum absolute atomic E-state index is 0.00658. The van der Waals surface area contributed by atoms with Crippen molar-refractivity contribution in [3.05, 3.63) is 29.8 Å². The molecule has 0 radical (unpaired) electrons. The number of hydrogen-bond acceptors (Lipinski definition) is 3. The summed E-state index contributed by atoms with van der Waals surface area (Å²) in [6.45, 7) is 5.12. The summed E-state index contributed by atoms with van der Waals surface area (Å²) in [6.07, 6.45) is 0.753. The first-order valence-corrected chi connectivity index (χ1v) is 5.95. The maximum atomic E-state index is 12.0. The van der Waals surface area contributed by atoms with Crippen LogP contribution in [0, 0.1) is 5.92 Å². The lowest BCUT2D eigenvalue weighted by Gasteiger charge is -2.10. The van der Waals surface area contributed by atoms with Gasteiger partial charge in [-0.25, -0.2) is 0 Å². The molecule has 0 N–H and O–H groups in total. The zero-order chi connectivity index (χ0) is 12.7. The van der Waals surface area contributed by atoms with Crippen molar-refractivity contribution < 1.29 is 14.3 Å². The fourth-order valence-corrected chi connectivity index (χ4v) is 1.59. The second-order valence-corrected chi connectivity index (χ2v) is 4.00. The molecular formula is C14H20O3. The number of methoxy groups -OCH3 is 1. The Morgan fingerprint density at radius 2 is 1.94 bits per heavy atom. The zero-order valence-electron chi connectivity index (χ0n) is 10.7. The van der Waals surface area contributed by atoms with E-state index >= 15 is 0 Å². The van der Waals surface area contributed by atoms with Crippen LogP contribution in [0.1, 0.15) is 30.6 Å². The Morgan fingerprint density at radius 1 is 1.29 bits per heavy atom. The van der Waals surface area contributed by atoms with Crippen LogP contribution < -0.4 is 4.74 Å². The molecule has 0 spiro atoms. The second kappa shape index (κ2) is 7.07. The maximum Gasteiger partial charge on any atom is 0.165 e. The quantitative estimate of drug-likeness (QED) is 0.683. The average Bonchev–Trinajstić information content (AvgIpc) is 2.36. The highest BCUT2D eigenvalue weighted by Crippen LogP contribution is 2.16. The van der Waals surface area contributed by atoms with Crippen molar-refractivity contribution in [2.75, 3.05) is 20.3 Å². The van der Waals surface area contributed by atoms with Gasteiger partial charge in [-0.05, 0) is 37.6 Å². The highest BCUT2D eigenvalue weighted by molar-refractivity contribution is 5.97. The number of ketones is 1. The van der Waals surface area contributed by atoms with Crippen molar-refractivity contribution in [3.8, 4) is 5.75 Å². The van der Waals surface area contributed by atoms with Crippen LogP contribution in [0.3, 0.4) is 0 Å². The van der Waals surface area contributed by atoms with Gasteiger partial charge < -0.3 is 9.47 Å². The predicted octanol–water partition coefficient (Wildman–Crippen LogP) is 2.94. The van der Waals surface area contributed by atoms with Crippen LogP contribution >= 0.6 is 0 Å². The minimum atomic E-state index is -0.00658. The molecule has 0 saturated carbocycles. The molecule has 17 heavy (non-hydrogen) atoms. The average molecular weight is 236 g/mol. The molecule has 0 amide bonds. The van der Waals surface area contributed by atoms with Crippen molar-refractivity contribution in [1.82, 2.24) is 0 Å². The molecule has 0 bridgehead atoms. The van der Waals surface area contributed by atoms with Gasteiger partial charge in [-0.3, -0.25) is 4.79 Å². The minimum Gasteiger partial charge on any atom is -0.494 e. The lowest BCUT2D eigenvalue weighted by atomic mass is 9.97. The Balaban J connectivity index is 2.62. The van der Waals surface area contributed by atoms with Gasteiger partial charge in [0.25, 0.3) is 0 Å². The number of rotatable bonds is 7. The number of hydrogen-bond donors (Lipinski definition) is 0. The number of benzene rings is 1. The Morgan fingerprint density at radius 3 is 2.47 bits per heavy atom. The van der Waals surface area contributed by atoms with Crippen LogP contribution in [0.5, 0.6) is 5.75 Å². The Labute approximate surface area is 103 Å². The maximum absolute atomic E-state index is 12.0. The Bertz CT molecular complexity index is 343. The van der Waals surface area contributed by atoms with Crippen molar-refractivity contribution in [3.63, 3.8) is 0 Å². The summed E-state index contributed by atoms with van der Waals surface area (Å²) in [7, 11) is 1.65. The van der Waals surface area contributed by atoms with Gasteiger partial charge in [-0.1, -0.05) is 6.92 Å². The number of ether oxygens (including phenoxy) is 2. The van der Waals surface area contributed by atoms with Gasteiger partial charge in [0.1, 0.15) is 5.75 Å². The molecule has 1 aromatic rings. The summed E-state index contributed by atoms with van der Waals surface area (Å²) in [5.41, 5.74) is 0.733. The molecule has 0 fully saturated rings. The fourth-order valence-electron chi connectivity index (χ4n) is 1.59. The lowest BCUT2D eigenvalue weighted by Crippen LogP contribution is -2.13. The van der Waals surface area contributed by atoms with Crippen molar-refractivity contribution in [2.24, 2.45) is 5.92 Å². The molecule has 0 aliphatic rings. The van der Waals surface area contributed by atoms with Crippen LogP contribution in [-0.4, -0.2) is 26.1 Å². The Hall–Kier alpha value is -1.35. The normalized spacial score (nSPS) is 12.2. The van der Waals surface area contributed by atoms with E-state index in [1.807, 2.05) is 38.1 Å². The summed E-state index contributed by atoms with van der Waals surface area (Å²) in [5.74, 6) is 0.951. The third kappa shape index (κ3) is 4.19. The molecule has 0 heterocycles. The van der Waals surface area contributed by atoms with Crippen molar-refractivity contribution >= 4 is 5.78 Å². The summed E-state index contributed by atoms with van der Waals surface area (Å²) in [5, 5.41) is 0. The third-order valence-corrected chi connectivity index (χ3v) is 2.65. The van der Waals surface area contributed by atoms with Crippen LogP contribution in [0.25, 0.3) is 0 Å². The van der Waals surface area contributed by atoms with Crippen LogP contribution in [0.2, 0.25) is 0 Å². The van der Waals surface area contributed by atoms with Gasteiger partial charge >= 0.3 is 0 Å². The topological polar surface area (TPSA) is 35.5 Å². The molecule has 0 aromatic heterocycles. The molecule has 3 nitrogen and oxygen atoms in total.